The van der Waals surface area contributed by atoms with Crippen molar-refractivity contribution < 1.29 is 4.52 Å². The van der Waals surface area contributed by atoms with Gasteiger partial charge in [0, 0.05) is 41.0 Å². The fourth-order valence-corrected chi connectivity index (χ4v) is 4.45. The molecule has 6 rings (SSSR count). The summed E-state index contributed by atoms with van der Waals surface area (Å²) in [5.74, 6) is 3.40. The van der Waals surface area contributed by atoms with Crippen LogP contribution < -0.4 is 0 Å². The minimum absolute atomic E-state index is 0.313. The molecule has 3 aromatic heterocycles. The Bertz CT molecular complexity index is 1360. The molecule has 1 unspecified atom stereocenters. The summed E-state index contributed by atoms with van der Waals surface area (Å²) in [6.45, 7) is 4.06. The number of hydrogen-bond acceptors (Lipinski definition) is 6. The topological polar surface area (TPSA) is 86.9 Å². The number of aryl methyl sites for hydroxylation is 2. The molecule has 0 N–H and O–H groups in total. The second-order valence-corrected chi connectivity index (χ2v) is 8.99. The zero-order valence-electron chi connectivity index (χ0n) is 18.1. The zero-order valence-corrected chi connectivity index (χ0v) is 18.8. The Morgan fingerprint density at radius 1 is 1.12 bits per heavy atom. The van der Waals surface area contributed by atoms with Crippen LogP contribution in [0, 0.1) is 13.8 Å². The Hall–Kier alpha value is -3.26. The van der Waals surface area contributed by atoms with Crippen molar-refractivity contribution >= 4 is 17.3 Å². The number of aromatic nitrogens is 6. The largest absolute Gasteiger partial charge is 0.352 e. The normalized spacial score (nSPS) is 17.6. The Morgan fingerprint density at radius 3 is 2.66 bits per heavy atom. The maximum absolute atomic E-state index is 6.17. The quantitative estimate of drug-likeness (QED) is 0.466. The minimum Gasteiger partial charge on any atom is -0.352 e. The summed E-state index contributed by atoms with van der Waals surface area (Å²) >= 11 is 6.17. The molecule has 1 fully saturated rings. The van der Waals surface area contributed by atoms with Crippen molar-refractivity contribution in [2.75, 3.05) is 0 Å². The van der Waals surface area contributed by atoms with Crippen molar-refractivity contribution in [1.29, 1.82) is 0 Å². The van der Waals surface area contributed by atoms with Crippen LogP contribution in [0.2, 0.25) is 5.02 Å². The molecular weight excluding hydrogens is 426 g/mol. The Morgan fingerprint density at radius 2 is 1.91 bits per heavy atom. The summed E-state index contributed by atoms with van der Waals surface area (Å²) in [6.07, 6.45) is 4.83. The fourth-order valence-electron chi connectivity index (χ4n) is 4.33. The van der Waals surface area contributed by atoms with E-state index in [1.54, 1.807) is 0 Å². The van der Waals surface area contributed by atoms with Gasteiger partial charge in [-0.15, -0.1) is 10.2 Å². The van der Waals surface area contributed by atoms with Crippen molar-refractivity contribution in [1.82, 2.24) is 29.5 Å². The lowest BCUT2D eigenvalue weighted by Gasteiger charge is -2.11. The molecule has 0 radical (unpaired) electrons. The molecule has 4 aromatic rings. The van der Waals surface area contributed by atoms with Crippen LogP contribution in [0.1, 0.15) is 65.0 Å². The lowest BCUT2D eigenvalue weighted by molar-refractivity contribution is 0.363. The number of fused-ring (bicyclic) bond motifs is 3. The Kier molecular flexibility index (Phi) is 4.33. The number of halogens is 1. The molecule has 0 spiro atoms. The summed E-state index contributed by atoms with van der Waals surface area (Å²) < 4.78 is 9.79. The first kappa shape index (κ1) is 19.4. The number of rotatable bonds is 4. The Balaban J connectivity index is 1.53. The number of benzene rings is 1. The third kappa shape index (κ3) is 3.09. The van der Waals surface area contributed by atoms with E-state index >= 15 is 0 Å². The SMILES string of the molecule is Cc1c2c(cn1C)-n1c(C)nnc1C(Cc1nc(C3CC3)no1)N=C2c1ccc(Cl)cc1. The molecule has 0 bridgehead atoms. The number of aliphatic imine (C=N–C) groups is 1. The van der Waals surface area contributed by atoms with Gasteiger partial charge < -0.3 is 9.09 Å². The van der Waals surface area contributed by atoms with E-state index in [0.717, 1.165) is 58.5 Å². The van der Waals surface area contributed by atoms with Gasteiger partial charge >= 0.3 is 0 Å². The molecule has 4 heterocycles. The first-order valence-electron chi connectivity index (χ1n) is 10.7. The third-order valence-electron chi connectivity index (χ3n) is 6.29. The van der Waals surface area contributed by atoms with Crippen LogP contribution in [0.4, 0.5) is 0 Å². The van der Waals surface area contributed by atoms with Crippen LogP contribution in [-0.2, 0) is 13.5 Å². The minimum atomic E-state index is -0.313. The van der Waals surface area contributed by atoms with Crippen LogP contribution in [0.15, 0.2) is 40.0 Å². The summed E-state index contributed by atoms with van der Waals surface area (Å²) in [6, 6.07) is 7.48. The molecular formula is C23H22ClN7O. The van der Waals surface area contributed by atoms with Gasteiger partial charge in [-0.25, -0.2) is 0 Å². The molecule has 2 aliphatic rings. The molecule has 0 saturated heterocycles. The van der Waals surface area contributed by atoms with Gasteiger partial charge in [-0.2, -0.15) is 4.98 Å². The zero-order chi connectivity index (χ0) is 22.0. The number of hydrogen-bond donors (Lipinski definition) is 0. The highest BCUT2D eigenvalue weighted by Crippen LogP contribution is 2.39. The predicted molar refractivity (Wildman–Crippen MR) is 120 cm³/mol. The highest BCUT2D eigenvalue weighted by Gasteiger charge is 2.33. The summed E-state index contributed by atoms with van der Waals surface area (Å²) in [5.41, 5.74) is 5.08. The summed E-state index contributed by atoms with van der Waals surface area (Å²) in [4.78, 5) is 9.85. The van der Waals surface area contributed by atoms with Crippen molar-refractivity contribution in [3.8, 4) is 5.69 Å². The first-order valence-corrected chi connectivity index (χ1v) is 11.1. The standard InChI is InChI=1S/C23H22ClN7O/c1-12-20-18(11-30(12)3)31-13(2)27-28-23(31)17(10-19-26-22(29-32-19)15-4-5-15)25-21(20)14-6-8-16(24)9-7-14/h6-9,11,15,17H,4-5,10H2,1-3H3. The smallest absolute Gasteiger partial charge is 0.229 e. The lowest BCUT2D eigenvalue weighted by Crippen LogP contribution is -2.10. The monoisotopic (exact) mass is 447 g/mol. The maximum Gasteiger partial charge on any atom is 0.229 e. The van der Waals surface area contributed by atoms with Crippen molar-refractivity contribution in [3.05, 3.63) is 75.7 Å². The fraction of sp³-hybridized carbons (Fsp3) is 0.348. The van der Waals surface area contributed by atoms with Crippen LogP contribution in [0.3, 0.4) is 0 Å². The number of nitrogens with zero attached hydrogens (tertiary/aromatic N) is 7. The van der Waals surface area contributed by atoms with Gasteiger partial charge in [-0.05, 0) is 38.8 Å². The van der Waals surface area contributed by atoms with Crippen LogP contribution in [0.25, 0.3) is 5.69 Å². The van der Waals surface area contributed by atoms with Crippen LogP contribution >= 0.6 is 11.6 Å². The van der Waals surface area contributed by atoms with Gasteiger partial charge in [0.2, 0.25) is 5.89 Å². The molecule has 1 saturated carbocycles. The summed E-state index contributed by atoms with van der Waals surface area (Å²) in [7, 11) is 2.04. The molecule has 1 atom stereocenters. The second kappa shape index (κ2) is 7.13. The van der Waals surface area contributed by atoms with Crippen molar-refractivity contribution in [2.24, 2.45) is 12.0 Å². The molecule has 0 amide bonds. The molecule has 8 nitrogen and oxygen atoms in total. The highest BCUT2D eigenvalue weighted by atomic mass is 35.5. The van der Waals surface area contributed by atoms with E-state index in [2.05, 4.69) is 42.6 Å². The highest BCUT2D eigenvalue weighted by molar-refractivity contribution is 6.30. The maximum atomic E-state index is 6.17. The van der Waals surface area contributed by atoms with Gasteiger partial charge in [-0.1, -0.05) is 28.9 Å². The first-order chi connectivity index (χ1) is 15.5. The predicted octanol–water partition coefficient (Wildman–Crippen LogP) is 4.27. The van der Waals surface area contributed by atoms with Gasteiger partial charge in [0.05, 0.1) is 17.8 Å². The van der Waals surface area contributed by atoms with Crippen LogP contribution in [-0.4, -0.2) is 35.2 Å². The third-order valence-corrected chi connectivity index (χ3v) is 6.54. The Labute approximate surface area is 190 Å². The average molecular weight is 448 g/mol. The van der Waals surface area contributed by atoms with E-state index in [9.17, 15) is 0 Å². The van der Waals surface area contributed by atoms with Gasteiger partial charge in [0.1, 0.15) is 11.9 Å². The van der Waals surface area contributed by atoms with Gasteiger partial charge in [0.15, 0.2) is 11.6 Å². The van der Waals surface area contributed by atoms with E-state index in [-0.39, 0.29) is 6.04 Å². The molecule has 1 aromatic carbocycles. The van der Waals surface area contributed by atoms with Crippen molar-refractivity contribution in [2.45, 2.75) is 45.1 Å². The summed E-state index contributed by atoms with van der Waals surface area (Å²) in [5, 5.41) is 13.8. The molecule has 162 valence electrons. The molecule has 32 heavy (non-hydrogen) atoms. The van der Waals surface area contributed by atoms with Gasteiger partial charge in [0.25, 0.3) is 0 Å². The lowest BCUT2D eigenvalue weighted by atomic mass is 10.0. The van der Waals surface area contributed by atoms with Crippen molar-refractivity contribution in [3.63, 3.8) is 0 Å². The van der Waals surface area contributed by atoms with E-state index in [1.165, 1.54) is 0 Å². The molecule has 9 heteroatoms. The van der Waals surface area contributed by atoms with E-state index in [0.29, 0.717) is 23.3 Å². The average Bonchev–Trinajstić information content (AvgIpc) is 3.34. The van der Waals surface area contributed by atoms with E-state index in [1.807, 2.05) is 38.2 Å². The van der Waals surface area contributed by atoms with E-state index in [4.69, 9.17) is 21.1 Å². The van der Waals surface area contributed by atoms with Gasteiger partial charge in [-0.3, -0.25) is 9.56 Å². The second-order valence-electron chi connectivity index (χ2n) is 8.55. The van der Waals surface area contributed by atoms with E-state index < -0.39 is 0 Å². The van der Waals surface area contributed by atoms with Crippen LogP contribution in [0.5, 0.6) is 0 Å². The molecule has 1 aliphatic carbocycles. The molecule has 1 aliphatic heterocycles.